The number of hydrogen-bond acceptors (Lipinski definition) is 6. The van der Waals surface area contributed by atoms with E-state index in [1.165, 1.54) is 25.7 Å². The molecule has 0 saturated heterocycles. The fraction of sp³-hybridized carbons (Fsp3) is 0.579. The molecule has 1 N–H and O–H groups in total. The van der Waals surface area contributed by atoms with Gasteiger partial charge in [-0.2, -0.15) is 5.26 Å². The van der Waals surface area contributed by atoms with Crippen molar-refractivity contribution in [3.63, 3.8) is 0 Å². The molecule has 2 heterocycles. The highest BCUT2D eigenvalue weighted by atomic mass is 32.2. The molecule has 1 fully saturated rings. The van der Waals surface area contributed by atoms with Crippen molar-refractivity contribution in [3.05, 3.63) is 28.7 Å². The Morgan fingerprint density at radius 3 is 2.77 bits per heavy atom. The fourth-order valence-electron chi connectivity index (χ4n) is 3.71. The summed E-state index contributed by atoms with van der Waals surface area (Å²) in [5.41, 5.74) is 2.53. The summed E-state index contributed by atoms with van der Waals surface area (Å²) < 4.78 is 2.35. The average Bonchev–Trinajstić information content (AvgIpc) is 3.27. The van der Waals surface area contributed by atoms with Crippen LogP contribution in [0.1, 0.15) is 60.8 Å². The molecule has 138 valence electrons. The van der Waals surface area contributed by atoms with E-state index in [9.17, 15) is 5.26 Å². The lowest BCUT2D eigenvalue weighted by Crippen LogP contribution is -2.13. The molecule has 0 aromatic carbocycles. The number of pyridine rings is 1. The summed E-state index contributed by atoms with van der Waals surface area (Å²) >= 11 is 1.67. The van der Waals surface area contributed by atoms with Crippen LogP contribution in [0.15, 0.2) is 11.2 Å². The monoisotopic (exact) mass is 370 g/mol. The molecule has 26 heavy (non-hydrogen) atoms. The van der Waals surface area contributed by atoms with Crippen LogP contribution in [0.3, 0.4) is 0 Å². The van der Waals surface area contributed by atoms with Gasteiger partial charge in [0.15, 0.2) is 5.16 Å². The predicted octanol–water partition coefficient (Wildman–Crippen LogP) is 4.04. The van der Waals surface area contributed by atoms with Gasteiger partial charge in [0.25, 0.3) is 0 Å². The SMILES string of the molecule is CSc1nnc(CCCNc2nc(C)cc(C)c2C#N)n1C1CCCC1. The number of aryl methyl sites for hydroxylation is 3. The molecule has 1 aliphatic carbocycles. The van der Waals surface area contributed by atoms with Gasteiger partial charge in [0, 0.05) is 24.7 Å². The summed E-state index contributed by atoms with van der Waals surface area (Å²) in [6, 6.07) is 4.75. The second-order valence-electron chi connectivity index (χ2n) is 6.86. The molecule has 7 heteroatoms. The molecule has 0 amide bonds. The zero-order valence-corrected chi connectivity index (χ0v) is 16.6. The van der Waals surface area contributed by atoms with Crippen LogP contribution in [0, 0.1) is 25.2 Å². The first-order valence-electron chi connectivity index (χ1n) is 9.24. The van der Waals surface area contributed by atoms with Gasteiger partial charge in [-0.1, -0.05) is 24.6 Å². The summed E-state index contributed by atoms with van der Waals surface area (Å²) in [6.07, 6.45) is 8.93. The van der Waals surface area contributed by atoms with E-state index >= 15 is 0 Å². The Labute approximate surface area is 159 Å². The molecular formula is C19H26N6S. The number of hydrogen-bond donors (Lipinski definition) is 1. The fourth-order valence-corrected chi connectivity index (χ4v) is 4.28. The van der Waals surface area contributed by atoms with Crippen molar-refractivity contribution < 1.29 is 0 Å². The second kappa shape index (κ2) is 8.54. The zero-order chi connectivity index (χ0) is 18.5. The molecule has 0 bridgehead atoms. The van der Waals surface area contributed by atoms with Crippen molar-refractivity contribution in [2.45, 2.75) is 63.6 Å². The van der Waals surface area contributed by atoms with Gasteiger partial charge in [0.1, 0.15) is 17.7 Å². The molecule has 2 aromatic rings. The van der Waals surface area contributed by atoms with E-state index in [-0.39, 0.29) is 0 Å². The van der Waals surface area contributed by atoms with Crippen LogP contribution < -0.4 is 5.32 Å². The highest BCUT2D eigenvalue weighted by Gasteiger charge is 2.23. The van der Waals surface area contributed by atoms with Gasteiger partial charge in [-0.15, -0.1) is 10.2 Å². The predicted molar refractivity (Wildman–Crippen MR) is 105 cm³/mol. The summed E-state index contributed by atoms with van der Waals surface area (Å²) in [7, 11) is 0. The Morgan fingerprint density at radius 2 is 2.08 bits per heavy atom. The van der Waals surface area contributed by atoms with E-state index in [4.69, 9.17) is 0 Å². The normalized spacial score (nSPS) is 14.5. The van der Waals surface area contributed by atoms with Crippen LogP contribution in [-0.2, 0) is 6.42 Å². The van der Waals surface area contributed by atoms with Crippen molar-refractivity contribution >= 4 is 17.6 Å². The maximum Gasteiger partial charge on any atom is 0.191 e. The molecule has 0 spiro atoms. The van der Waals surface area contributed by atoms with E-state index in [0.717, 1.165) is 41.6 Å². The summed E-state index contributed by atoms with van der Waals surface area (Å²) in [4.78, 5) is 4.48. The molecule has 0 aliphatic heterocycles. The lowest BCUT2D eigenvalue weighted by molar-refractivity contribution is 0.461. The Balaban J connectivity index is 1.63. The van der Waals surface area contributed by atoms with Crippen LogP contribution in [0.4, 0.5) is 5.82 Å². The van der Waals surface area contributed by atoms with Gasteiger partial charge in [-0.25, -0.2) is 4.98 Å². The van der Waals surface area contributed by atoms with Gasteiger partial charge in [-0.05, 0) is 51.0 Å². The molecule has 1 saturated carbocycles. The number of anilines is 1. The zero-order valence-electron chi connectivity index (χ0n) is 15.7. The van der Waals surface area contributed by atoms with Crippen LogP contribution in [0.25, 0.3) is 0 Å². The molecular weight excluding hydrogens is 344 g/mol. The largest absolute Gasteiger partial charge is 0.369 e. The van der Waals surface area contributed by atoms with E-state index in [0.29, 0.717) is 17.4 Å². The van der Waals surface area contributed by atoms with Gasteiger partial charge >= 0.3 is 0 Å². The summed E-state index contributed by atoms with van der Waals surface area (Å²) in [5.74, 6) is 1.77. The maximum absolute atomic E-state index is 9.36. The van der Waals surface area contributed by atoms with E-state index in [2.05, 4.69) is 37.4 Å². The lowest BCUT2D eigenvalue weighted by Gasteiger charge is -2.16. The van der Waals surface area contributed by atoms with Gasteiger partial charge < -0.3 is 9.88 Å². The summed E-state index contributed by atoms with van der Waals surface area (Å²) in [6.45, 7) is 4.66. The number of nitrogens with zero attached hydrogens (tertiary/aromatic N) is 5. The third-order valence-corrected chi connectivity index (χ3v) is 5.58. The van der Waals surface area contributed by atoms with E-state index in [1.807, 2.05) is 19.9 Å². The smallest absolute Gasteiger partial charge is 0.191 e. The second-order valence-corrected chi connectivity index (χ2v) is 7.63. The topological polar surface area (TPSA) is 79.4 Å². The standard InChI is InChI=1S/C19H26N6S/c1-13-11-14(2)22-18(16(13)12-20)21-10-6-9-17-23-24-19(26-3)25(17)15-7-4-5-8-15/h11,15H,4-10H2,1-3H3,(H,21,22). The van der Waals surface area contributed by atoms with Crippen molar-refractivity contribution in [3.8, 4) is 6.07 Å². The first-order chi connectivity index (χ1) is 12.6. The number of nitriles is 1. The minimum atomic E-state index is 0.557. The molecule has 0 atom stereocenters. The minimum Gasteiger partial charge on any atom is -0.369 e. The van der Waals surface area contributed by atoms with Gasteiger partial charge in [0.2, 0.25) is 0 Å². The average molecular weight is 371 g/mol. The third-order valence-electron chi connectivity index (χ3n) is 4.93. The maximum atomic E-state index is 9.36. The van der Waals surface area contributed by atoms with Crippen molar-refractivity contribution in [1.82, 2.24) is 19.7 Å². The molecule has 3 rings (SSSR count). The van der Waals surface area contributed by atoms with Crippen molar-refractivity contribution in [1.29, 1.82) is 5.26 Å². The molecule has 0 unspecified atom stereocenters. The van der Waals surface area contributed by atoms with Crippen molar-refractivity contribution in [2.75, 3.05) is 18.1 Å². The van der Waals surface area contributed by atoms with Gasteiger partial charge in [-0.3, -0.25) is 0 Å². The highest BCUT2D eigenvalue weighted by Crippen LogP contribution is 2.33. The number of nitrogens with one attached hydrogen (secondary N) is 1. The summed E-state index contributed by atoms with van der Waals surface area (Å²) in [5, 5.41) is 22.5. The van der Waals surface area contributed by atoms with Crippen LogP contribution >= 0.6 is 11.8 Å². The highest BCUT2D eigenvalue weighted by molar-refractivity contribution is 7.98. The first-order valence-corrected chi connectivity index (χ1v) is 10.5. The van der Waals surface area contributed by atoms with Crippen LogP contribution in [0.2, 0.25) is 0 Å². The molecule has 0 radical (unpaired) electrons. The molecule has 2 aromatic heterocycles. The van der Waals surface area contributed by atoms with Crippen LogP contribution in [-0.4, -0.2) is 32.5 Å². The number of aromatic nitrogens is 4. The number of thioether (sulfide) groups is 1. The van der Waals surface area contributed by atoms with Crippen molar-refractivity contribution in [2.24, 2.45) is 0 Å². The minimum absolute atomic E-state index is 0.557. The Bertz CT molecular complexity index is 801. The first kappa shape index (κ1) is 18.7. The quantitative estimate of drug-likeness (QED) is 0.585. The van der Waals surface area contributed by atoms with Gasteiger partial charge in [0.05, 0.1) is 5.56 Å². The Hall–Kier alpha value is -2.07. The van der Waals surface area contributed by atoms with Crippen LogP contribution in [0.5, 0.6) is 0 Å². The van der Waals surface area contributed by atoms with E-state index < -0.39 is 0 Å². The lowest BCUT2D eigenvalue weighted by atomic mass is 10.1. The third kappa shape index (κ3) is 4.01. The Morgan fingerprint density at radius 1 is 1.31 bits per heavy atom. The molecule has 6 nitrogen and oxygen atoms in total. The number of rotatable bonds is 7. The van der Waals surface area contributed by atoms with E-state index in [1.54, 1.807) is 11.8 Å². The molecule has 1 aliphatic rings. The Kier molecular flexibility index (Phi) is 6.15.